The van der Waals surface area contributed by atoms with Gasteiger partial charge >= 0.3 is 5.97 Å². The highest BCUT2D eigenvalue weighted by Crippen LogP contribution is 2.46. The Morgan fingerprint density at radius 2 is 2.03 bits per heavy atom. The van der Waals surface area contributed by atoms with Crippen molar-refractivity contribution >= 4 is 52.4 Å². The number of halogens is 1. The predicted octanol–water partition coefficient (Wildman–Crippen LogP) is 7.35. The molecule has 0 amide bonds. The van der Waals surface area contributed by atoms with Crippen LogP contribution in [0.5, 0.6) is 0 Å². The Kier molecular flexibility index (Phi) is 6.99. The van der Waals surface area contributed by atoms with Crippen molar-refractivity contribution in [3.63, 3.8) is 0 Å². The van der Waals surface area contributed by atoms with Crippen LogP contribution in [0.3, 0.4) is 0 Å². The Hall–Kier alpha value is -2.30. The van der Waals surface area contributed by atoms with E-state index in [0.717, 1.165) is 40.8 Å². The van der Waals surface area contributed by atoms with Crippen molar-refractivity contribution in [3.8, 4) is 0 Å². The van der Waals surface area contributed by atoms with Gasteiger partial charge in [-0.25, -0.2) is 4.98 Å². The summed E-state index contributed by atoms with van der Waals surface area (Å²) in [5.41, 5.74) is 4.27. The van der Waals surface area contributed by atoms with Crippen LogP contribution in [0.4, 0.5) is 0 Å². The maximum absolute atomic E-state index is 10.9. The van der Waals surface area contributed by atoms with Crippen LogP contribution in [0.1, 0.15) is 48.3 Å². The van der Waals surface area contributed by atoms with Crippen molar-refractivity contribution in [2.45, 2.75) is 31.4 Å². The summed E-state index contributed by atoms with van der Waals surface area (Å²) in [7, 11) is 0. The Labute approximate surface area is 192 Å². The number of carboxylic acid groups (broad SMARTS) is 1. The molecule has 1 aliphatic rings. The van der Waals surface area contributed by atoms with Gasteiger partial charge in [-0.2, -0.15) is 11.8 Å². The first-order chi connectivity index (χ1) is 15.0. The first-order valence-electron chi connectivity index (χ1n) is 10.7. The summed E-state index contributed by atoms with van der Waals surface area (Å²) >= 11 is 8.06. The van der Waals surface area contributed by atoms with E-state index in [1.807, 2.05) is 42.1 Å². The molecule has 4 rings (SSSR count). The molecule has 2 aromatic carbocycles. The topological polar surface area (TPSA) is 50.2 Å². The number of aliphatic carboxylic acids is 1. The highest BCUT2D eigenvalue weighted by molar-refractivity contribution is 7.99. The Bertz CT molecular complexity index is 1110. The molecule has 1 saturated carbocycles. The first kappa shape index (κ1) is 21.9. The van der Waals surface area contributed by atoms with Crippen LogP contribution >= 0.6 is 23.4 Å². The first-order valence-corrected chi connectivity index (χ1v) is 12.1. The molecule has 0 bridgehead atoms. The number of hydrogen-bond donors (Lipinski definition) is 1. The van der Waals surface area contributed by atoms with E-state index in [-0.39, 0.29) is 0 Å². The summed E-state index contributed by atoms with van der Waals surface area (Å²) in [6.07, 6.45) is 6.57. The van der Waals surface area contributed by atoms with Gasteiger partial charge in [0.05, 0.1) is 11.2 Å². The fraction of sp³-hybridized carbons (Fsp3) is 0.308. The molecule has 5 heteroatoms. The van der Waals surface area contributed by atoms with Crippen molar-refractivity contribution in [1.82, 2.24) is 4.98 Å². The van der Waals surface area contributed by atoms with E-state index in [4.69, 9.17) is 21.7 Å². The van der Waals surface area contributed by atoms with Crippen molar-refractivity contribution in [1.29, 1.82) is 0 Å². The maximum atomic E-state index is 10.9. The molecule has 3 nitrogen and oxygen atoms in total. The van der Waals surface area contributed by atoms with Crippen LogP contribution in [0.15, 0.2) is 54.6 Å². The number of nitrogens with zero attached hydrogens (tertiary/aromatic N) is 1. The Balaban J connectivity index is 1.41. The number of hydrogen-bond acceptors (Lipinski definition) is 3. The average molecular weight is 452 g/mol. The number of pyridine rings is 1. The van der Waals surface area contributed by atoms with E-state index < -0.39 is 5.97 Å². The van der Waals surface area contributed by atoms with E-state index in [1.54, 1.807) is 0 Å². The van der Waals surface area contributed by atoms with E-state index in [0.29, 0.717) is 28.5 Å². The highest BCUT2D eigenvalue weighted by Gasteiger charge is 2.38. The number of fused-ring (bicyclic) bond motifs is 1. The molecule has 1 N–H and O–H groups in total. The summed E-state index contributed by atoms with van der Waals surface area (Å²) in [6, 6.07) is 18.5. The molecule has 160 valence electrons. The lowest BCUT2D eigenvalue weighted by Gasteiger charge is -2.15. The van der Waals surface area contributed by atoms with Crippen LogP contribution in [-0.2, 0) is 4.79 Å². The lowest BCUT2D eigenvalue weighted by atomic mass is 10.1. The molecule has 3 aromatic rings. The van der Waals surface area contributed by atoms with Gasteiger partial charge in [0, 0.05) is 22.1 Å². The number of rotatable bonds is 9. The third kappa shape index (κ3) is 5.90. The Morgan fingerprint density at radius 1 is 1.19 bits per heavy atom. The quantitative estimate of drug-likeness (QED) is 0.369. The van der Waals surface area contributed by atoms with Gasteiger partial charge in [-0.15, -0.1) is 0 Å². The fourth-order valence-corrected chi connectivity index (χ4v) is 5.55. The third-order valence-corrected chi connectivity index (χ3v) is 7.66. The van der Waals surface area contributed by atoms with E-state index in [9.17, 15) is 4.79 Å². The fourth-order valence-electron chi connectivity index (χ4n) is 3.92. The highest BCUT2D eigenvalue weighted by atomic mass is 35.5. The molecule has 0 radical (unpaired) electrons. The third-order valence-electron chi connectivity index (χ3n) is 5.79. The number of aromatic nitrogens is 1. The molecule has 2 unspecified atom stereocenters. The summed E-state index contributed by atoms with van der Waals surface area (Å²) < 4.78 is 0. The van der Waals surface area contributed by atoms with Gasteiger partial charge in [-0.1, -0.05) is 61.0 Å². The van der Waals surface area contributed by atoms with Gasteiger partial charge in [0.25, 0.3) is 0 Å². The van der Waals surface area contributed by atoms with E-state index >= 15 is 0 Å². The zero-order chi connectivity index (χ0) is 21.8. The maximum Gasteiger partial charge on any atom is 0.303 e. The molecule has 3 atom stereocenters. The van der Waals surface area contributed by atoms with Gasteiger partial charge in [-0.3, -0.25) is 4.79 Å². The molecule has 0 aliphatic heterocycles. The summed E-state index contributed by atoms with van der Waals surface area (Å²) in [4.78, 5) is 15.6. The molecule has 1 aliphatic carbocycles. The standard InChI is InChI=1S/C26H26ClNO2S/c1-2-25(31-16-21-13-20(21)14-26(29)30)19-5-3-4-17(12-19)6-10-23-11-8-18-7-9-22(27)15-24(18)28-23/h3-12,15,20-21,25H,2,13-14,16H2,1H3,(H,29,30)/t20?,21?,25-/m1/s1. The molecular formula is C26H26ClNO2S. The van der Waals surface area contributed by atoms with Crippen molar-refractivity contribution in [2.75, 3.05) is 5.75 Å². The number of carbonyl (C=O) groups is 1. The summed E-state index contributed by atoms with van der Waals surface area (Å²) in [6.45, 7) is 2.21. The minimum Gasteiger partial charge on any atom is -0.481 e. The van der Waals surface area contributed by atoms with Gasteiger partial charge in [0.15, 0.2) is 0 Å². The molecule has 1 fully saturated rings. The lowest BCUT2D eigenvalue weighted by molar-refractivity contribution is -0.137. The monoisotopic (exact) mass is 451 g/mol. The lowest BCUT2D eigenvalue weighted by Crippen LogP contribution is -2.00. The number of carboxylic acids is 1. The molecule has 1 aromatic heterocycles. The SMILES string of the molecule is CC[C@@H](SCC1CC1CC(=O)O)c1cccc(C=Cc2ccc3ccc(Cl)cc3n2)c1. The zero-order valence-electron chi connectivity index (χ0n) is 17.5. The van der Waals surface area contributed by atoms with Gasteiger partial charge in [0.1, 0.15) is 0 Å². The average Bonchev–Trinajstić information content (AvgIpc) is 3.49. The Morgan fingerprint density at radius 3 is 2.84 bits per heavy atom. The second-order valence-corrected chi connectivity index (χ2v) is 9.83. The van der Waals surface area contributed by atoms with E-state index in [2.05, 4.69) is 43.3 Å². The largest absolute Gasteiger partial charge is 0.481 e. The van der Waals surface area contributed by atoms with Gasteiger partial charge in [0.2, 0.25) is 0 Å². The zero-order valence-corrected chi connectivity index (χ0v) is 19.1. The van der Waals surface area contributed by atoms with Crippen LogP contribution in [0, 0.1) is 11.8 Å². The molecule has 31 heavy (non-hydrogen) atoms. The van der Waals surface area contributed by atoms with Crippen molar-refractivity contribution in [2.24, 2.45) is 11.8 Å². The number of thioether (sulfide) groups is 1. The molecule has 1 heterocycles. The minimum absolute atomic E-state index is 0.317. The molecule has 0 saturated heterocycles. The molecular weight excluding hydrogens is 426 g/mol. The van der Waals surface area contributed by atoms with Crippen molar-refractivity contribution in [3.05, 3.63) is 76.4 Å². The predicted molar refractivity (Wildman–Crippen MR) is 131 cm³/mol. The van der Waals surface area contributed by atoms with Crippen LogP contribution in [0.2, 0.25) is 5.02 Å². The van der Waals surface area contributed by atoms with Crippen LogP contribution in [-0.4, -0.2) is 21.8 Å². The van der Waals surface area contributed by atoms with Crippen LogP contribution < -0.4 is 0 Å². The van der Waals surface area contributed by atoms with Crippen molar-refractivity contribution < 1.29 is 9.90 Å². The van der Waals surface area contributed by atoms with Crippen LogP contribution in [0.25, 0.3) is 23.1 Å². The second-order valence-electron chi connectivity index (χ2n) is 8.16. The minimum atomic E-state index is -0.673. The number of benzene rings is 2. The summed E-state index contributed by atoms with van der Waals surface area (Å²) in [5, 5.41) is 11.1. The smallest absolute Gasteiger partial charge is 0.303 e. The summed E-state index contributed by atoms with van der Waals surface area (Å²) in [5.74, 6) is 1.31. The normalized spacial score (nSPS) is 19.0. The second kappa shape index (κ2) is 9.88. The van der Waals surface area contributed by atoms with Gasteiger partial charge in [-0.05, 0) is 65.8 Å². The van der Waals surface area contributed by atoms with E-state index in [1.165, 1.54) is 5.56 Å². The van der Waals surface area contributed by atoms with Gasteiger partial charge < -0.3 is 5.11 Å². The molecule has 0 spiro atoms.